The number of rotatable bonds is 6. The standard InChI is InChI=1S/C16H14N4O2S/c21-15(22-11-13-7-3-1-4-8-13)12-23-16-17-18-19-20(16)14-9-5-2-6-10-14/h1-10H,11-12H2. The van der Waals surface area contributed by atoms with E-state index >= 15 is 0 Å². The lowest BCUT2D eigenvalue weighted by atomic mass is 10.2. The number of hydrogen-bond donors (Lipinski definition) is 0. The third-order valence-corrected chi connectivity index (χ3v) is 3.90. The van der Waals surface area contributed by atoms with Crippen LogP contribution in [-0.4, -0.2) is 31.9 Å². The highest BCUT2D eigenvalue weighted by atomic mass is 32.2. The van der Waals surface area contributed by atoms with Gasteiger partial charge in [-0.2, -0.15) is 4.68 Å². The molecule has 0 bridgehead atoms. The van der Waals surface area contributed by atoms with Gasteiger partial charge in [0.05, 0.1) is 11.4 Å². The molecule has 0 aliphatic heterocycles. The maximum atomic E-state index is 11.8. The van der Waals surface area contributed by atoms with E-state index in [1.54, 1.807) is 4.68 Å². The summed E-state index contributed by atoms with van der Waals surface area (Å²) in [5, 5.41) is 12.1. The Morgan fingerprint density at radius 3 is 2.48 bits per heavy atom. The third-order valence-electron chi connectivity index (χ3n) is 3.00. The number of carbonyl (C=O) groups excluding carboxylic acids is 1. The van der Waals surface area contributed by atoms with Crippen molar-refractivity contribution in [1.29, 1.82) is 0 Å². The van der Waals surface area contributed by atoms with Gasteiger partial charge in [-0.3, -0.25) is 4.79 Å². The largest absolute Gasteiger partial charge is 0.460 e. The van der Waals surface area contributed by atoms with Crippen molar-refractivity contribution in [3.05, 3.63) is 66.2 Å². The van der Waals surface area contributed by atoms with Crippen molar-refractivity contribution in [2.24, 2.45) is 0 Å². The van der Waals surface area contributed by atoms with E-state index in [4.69, 9.17) is 4.74 Å². The van der Waals surface area contributed by atoms with Gasteiger partial charge in [-0.1, -0.05) is 60.3 Å². The van der Waals surface area contributed by atoms with Crippen LogP contribution in [0, 0.1) is 0 Å². The van der Waals surface area contributed by atoms with Gasteiger partial charge in [0.25, 0.3) is 0 Å². The molecule has 116 valence electrons. The number of aromatic nitrogens is 4. The molecular formula is C16H14N4O2S. The molecule has 7 heteroatoms. The molecule has 0 fully saturated rings. The Labute approximate surface area is 137 Å². The second kappa shape index (κ2) is 7.55. The van der Waals surface area contributed by atoms with E-state index < -0.39 is 0 Å². The van der Waals surface area contributed by atoms with Crippen LogP contribution in [0.4, 0.5) is 0 Å². The minimum Gasteiger partial charge on any atom is -0.460 e. The second-order valence-corrected chi connectivity index (χ2v) is 5.59. The van der Waals surface area contributed by atoms with Crippen molar-refractivity contribution in [1.82, 2.24) is 20.2 Å². The van der Waals surface area contributed by atoms with E-state index in [2.05, 4.69) is 15.5 Å². The van der Waals surface area contributed by atoms with Crippen LogP contribution in [0.25, 0.3) is 5.69 Å². The van der Waals surface area contributed by atoms with E-state index in [0.29, 0.717) is 5.16 Å². The summed E-state index contributed by atoms with van der Waals surface area (Å²) in [4.78, 5) is 11.8. The van der Waals surface area contributed by atoms with Gasteiger partial charge < -0.3 is 4.74 Å². The summed E-state index contributed by atoms with van der Waals surface area (Å²) < 4.78 is 6.83. The molecule has 0 amide bonds. The zero-order chi connectivity index (χ0) is 15.9. The van der Waals surface area contributed by atoms with Crippen molar-refractivity contribution in [2.75, 3.05) is 5.75 Å². The lowest BCUT2D eigenvalue weighted by Crippen LogP contribution is -2.08. The summed E-state index contributed by atoms with van der Waals surface area (Å²) in [5.41, 5.74) is 1.80. The summed E-state index contributed by atoms with van der Waals surface area (Å²) in [6.07, 6.45) is 0. The molecule has 0 radical (unpaired) electrons. The van der Waals surface area contributed by atoms with Crippen LogP contribution in [0.2, 0.25) is 0 Å². The van der Waals surface area contributed by atoms with E-state index in [1.807, 2.05) is 60.7 Å². The zero-order valence-electron chi connectivity index (χ0n) is 12.2. The van der Waals surface area contributed by atoms with Gasteiger partial charge in [-0.05, 0) is 28.1 Å². The minimum atomic E-state index is -0.304. The van der Waals surface area contributed by atoms with Crippen LogP contribution < -0.4 is 0 Å². The van der Waals surface area contributed by atoms with Crippen LogP contribution in [-0.2, 0) is 16.1 Å². The van der Waals surface area contributed by atoms with Gasteiger partial charge >= 0.3 is 5.97 Å². The van der Waals surface area contributed by atoms with Gasteiger partial charge in [0, 0.05) is 0 Å². The van der Waals surface area contributed by atoms with Crippen LogP contribution in [0.5, 0.6) is 0 Å². The molecule has 23 heavy (non-hydrogen) atoms. The Balaban J connectivity index is 1.55. The predicted molar refractivity (Wildman–Crippen MR) is 86.1 cm³/mol. The molecule has 0 unspecified atom stereocenters. The topological polar surface area (TPSA) is 69.9 Å². The predicted octanol–water partition coefficient (Wildman–Crippen LogP) is 2.50. The average molecular weight is 326 g/mol. The Hall–Kier alpha value is -2.67. The highest BCUT2D eigenvalue weighted by molar-refractivity contribution is 7.99. The number of thioether (sulfide) groups is 1. The molecular weight excluding hydrogens is 312 g/mol. The Morgan fingerprint density at radius 2 is 1.74 bits per heavy atom. The SMILES string of the molecule is O=C(CSc1nnnn1-c1ccccc1)OCc1ccccc1. The molecule has 0 aliphatic rings. The quantitative estimate of drug-likeness (QED) is 0.512. The molecule has 0 saturated carbocycles. The highest BCUT2D eigenvalue weighted by Gasteiger charge is 2.12. The summed E-state index contributed by atoms with van der Waals surface area (Å²) in [5.74, 6) is -0.151. The van der Waals surface area contributed by atoms with Crippen molar-refractivity contribution < 1.29 is 9.53 Å². The highest BCUT2D eigenvalue weighted by Crippen LogP contribution is 2.18. The van der Waals surface area contributed by atoms with Gasteiger partial charge in [0.1, 0.15) is 6.61 Å². The molecule has 0 aliphatic carbocycles. The van der Waals surface area contributed by atoms with E-state index in [-0.39, 0.29) is 18.3 Å². The van der Waals surface area contributed by atoms with E-state index in [1.165, 1.54) is 11.8 Å². The molecule has 6 nitrogen and oxygen atoms in total. The molecule has 1 heterocycles. The van der Waals surface area contributed by atoms with Gasteiger partial charge in [-0.25, -0.2) is 0 Å². The molecule has 3 aromatic rings. The number of ether oxygens (including phenoxy) is 1. The number of tetrazole rings is 1. The number of hydrogen-bond acceptors (Lipinski definition) is 6. The van der Waals surface area contributed by atoms with Gasteiger partial charge in [0.15, 0.2) is 0 Å². The number of benzene rings is 2. The number of para-hydroxylation sites is 1. The maximum absolute atomic E-state index is 11.8. The summed E-state index contributed by atoms with van der Waals surface area (Å²) in [7, 11) is 0. The molecule has 0 atom stereocenters. The van der Waals surface area contributed by atoms with Crippen molar-refractivity contribution in [3.8, 4) is 5.69 Å². The average Bonchev–Trinajstić information content (AvgIpc) is 3.08. The summed E-state index contributed by atoms with van der Waals surface area (Å²) in [6.45, 7) is 0.268. The molecule has 2 aromatic carbocycles. The first kappa shape index (κ1) is 15.2. The van der Waals surface area contributed by atoms with Gasteiger partial charge in [0.2, 0.25) is 5.16 Å². The Bertz CT molecular complexity index is 762. The first-order valence-corrected chi connectivity index (χ1v) is 7.97. The maximum Gasteiger partial charge on any atom is 0.316 e. The molecule has 0 saturated heterocycles. The molecule has 0 spiro atoms. The lowest BCUT2D eigenvalue weighted by molar-refractivity contribution is -0.141. The fourth-order valence-electron chi connectivity index (χ4n) is 1.90. The second-order valence-electron chi connectivity index (χ2n) is 4.64. The fraction of sp³-hybridized carbons (Fsp3) is 0.125. The molecule has 3 rings (SSSR count). The fourth-order valence-corrected chi connectivity index (χ4v) is 2.59. The van der Waals surface area contributed by atoms with Crippen LogP contribution in [0.3, 0.4) is 0 Å². The third kappa shape index (κ3) is 4.17. The van der Waals surface area contributed by atoms with Crippen molar-refractivity contribution in [3.63, 3.8) is 0 Å². The first-order valence-electron chi connectivity index (χ1n) is 6.99. The minimum absolute atomic E-state index is 0.153. The number of esters is 1. The number of nitrogens with zero attached hydrogens (tertiary/aromatic N) is 4. The smallest absolute Gasteiger partial charge is 0.316 e. The van der Waals surface area contributed by atoms with E-state index in [0.717, 1.165) is 11.3 Å². The van der Waals surface area contributed by atoms with Gasteiger partial charge in [-0.15, -0.1) is 5.10 Å². The number of carbonyl (C=O) groups is 1. The van der Waals surface area contributed by atoms with Crippen molar-refractivity contribution in [2.45, 2.75) is 11.8 Å². The summed E-state index contributed by atoms with van der Waals surface area (Å²) in [6, 6.07) is 19.1. The van der Waals surface area contributed by atoms with E-state index in [9.17, 15) is 4.79 Å². The zero-order valence-corrected chi connectivity index (χ0v) is 13.0. The Morgan fingerprint density at radius 1 is 1.04 bits per heavy atom. The monoisotopic (exact) mass is 326 g/mol. The molecule has 0 N–H and O–H groups in total. The van der Waals surface area contributed by atoms with Crippen LogP contribution >= 0.6 is 11.8 Å². The normalized spacial score (nSPS) is 10.4. The first-order chi connectivity index (χ1) is 11.3. The van der Waals surface area contributed by atoms with Crippen molar-refractivity contribution >= 4 is 17.7 Å². The lowest BCUT2D eigenvalue weighted by Gasteiger charge is -2.05. The van der Waals surface area contributed by atoms with Crippen LogP contribution in [0.1, 0.15) is 5.56 Å². The Kier molecular flexibility index (Phi) is 5.00. The summed E-state index contributed by atoms with van der Waals surface area (Å²) >= 11 is 1.24. The van der Waals surface area contributed by atoms with Crippen LogP contribution in [0.15, 0.2) is 65.8 Å². The molecule has 1 aromatic heterocycles.